The van der Waals surface area contributed by atoms with Gasteiger partial charge < -0.3 is 15.7 Å². The van der Waals surface area contributed by atoms with Gasteiger partial charge in [-0.1, -0.05) is 13.8 Å². The first-order chi connectivity index (χ1) is 8.91. The van der Waals surface area contributed by atoms with Gasteiger partial charge in [-0.25, -0.2) is 9.59 Å². The van der Waals surface area contributed by atoms with Crippen LogP contribution in [-0.4, -0.2) is 39.5 Å². The Morgan fingerprint density at radius 3 is 2.63 bits per heavy atom. The van der Waals surface area contributed by atoms with Crippen LogP contribution >= 0.6 is 0 Å². The van der Waals surface area contributed by atoms with Crippen LogP contribution < -0.4 is 10.6 Å². The van der Waals surface area contributed by atoms with Crippen LogP contribution in [-0.2, 0) is 18.3 Å². The van der Waals surface area contributed by atoms with E-state index in [1.165, 1.54) is 0 Å². The van der Waals surface area contributed by atoms with Crippen molar-refractivity contribution in [2.45, 2.75) is 26.3 Å². The van der Waals surface area contributed by atoms with Crippen LogP contribution in [0, 0.1) is 5.92 Å². The lowest BCUT2D eigenvalue weighted by Crippen LogP contribution is -2.48. The number of nitrogens with one attached hydrogen (secondary N) is 2. The number of aryl methyl sites for hydroxylation is 1. The minimum atomic E-state index is -1.03. The lowest BCUT2D eigenvalue weighted by molar-refractivity contribution is -0.140. The van der Waals surface area contributed by atoms with Crippen molar-refractivity contribution in [2.75, 3.05) is 6.54 Å². The van der Waals surface area contributed by atoms with Crippen molar-refractivity contribution in [2.24, 2.45) is 13.0 Å². The topological polar surface area (TPSA) is 96.3 Å². The Bertz CT molecular complexity index is 442. The average molecular weight is 268 g/mol. The summed E-state index contributed by atoms with van der Waals surface area (Å²) in [6.07, 6.45) is 2.33. The third-order valence-electron chi connectivity index (χ3n) is 2.81. The summed E-state index contributed by atoms with van der Waals surface area (Å²) in [5.41, 5.74) is 0.999. The molecule has 1 atom stereocenters. The van der Waals surface area contributed by atoms with E-state index in [0.29, 0.717) is 13.0 Å². The molecule has 1 rings (SSSR count). The number of aliphatic carboxylic acids is 1. The maximum atomic E-state index is 11.6. The molecule has 0 saturated carbocycles. The number of nitrogens with zero attached hydrogens (tertiary/aromatic N) is 2. The monoisotopic (exact) mass is 268 g/mol. The van der Waals surface area contributed by atoms with E-state index < -0.39 is 18.0 Å². The molecule has 0 saturated heterocycles. The first-order valence-corrected chi connectivity index (χ1v) is 6.16. The standard InChI is InChI=1S/C12H20N4O3/c1-8(2)10(11(17)18)15-12(19)13-6-4-9-5-7-14-16(9)3/h5,7-8,10H,4,6H2,1-3H3,(H,17,18)(H2,13,15,19)/t10-/m0/s1. The van der Waals surface area contributed by atoms with E-state index in [4.69, 9.17) is 5.11 Å². The van der Waals surface area contributed by atoms with Gasteiger partial charge >= 0.3 is 12.0 Å². The van der Waals surface area contributed by atoms with Gasteiger partial charge in [0.1, 0.15) is 6.04 Å². The van der Waals surface area contributed by atoms with E-state index in [9.17, 15) is 9.59 Å². The molecule has 0 aromatic carbocycles. The fourth-order valence-electron chi connectivity index (χ4n) is 1.66. The van der Waals surface area contributed by atoms with E-state index in [1.807, 2.05) is 13.1 Å². The summed E-state index contributed by atoms with van der Waals surface area (Å²) in [5.74, 6) is -1.20. The Morgan fingerprint density at radius 1 is 1.47 bits per heavy atom. The number of carboxylic acid groups (broad SMARTS) is 1. The highest BCUT2D eigenvalue weighted by molar-refractivity contribution is 5.82. The molecule has 3 N–H and O–H groups in total. The molecule has 7 nitrogen and oxygen atoms in total. The van der Waals surface area contributed by atoms with Gasteiger partial charge in [0.05, 0.1) is 0 Å². The molecule has 7 heteroatoms. The fourth-order valence-corrected chi connectivity index (χ4v) is 1.66. The summed E-state index contributed by atoms with van der Waals surface area (Å²) in [4.78, 5) is 22.5. The number of rotatable bonds is 6. The van der Waals surface area contributed by atoms with Crippen molar-refractivity contribution in [3.05, 3.63) is 18.0 Å². The second-order valence-electron chi connectivity index (χ2n) is 4.66. The molecule has 2 amide bonds. The number of carboxylic acids is 1. The zero-order chi connectivity index (χ0) is 14.4. The van der Waals surface area contributed by atoms with Gasteiger partial charge in [-0.3, -0.25) is 4.68 Å². The molecule has 0 aliphatic heterocycles. The molecule has 0 unspecified atom stereocenters. The van der Waals surface area contributed by atoms with Gasteiger partial charge in [0.15, 0.2) is 0 Å². The Kier molecular flexibility index (Phi) is 5.35. The van der Waals surface area contributed by atoms with Crippen molar-refractivity contribution in [1.82, 2.24) is 20.4 Å². The smallest absolute Gasteiger partial charge is 0.326 e. The maximum Gasteiger partial charge on any atom is 0.326 e. The van der Waals surface area contributed by atoms with E-state index in [1.54, 1.807) is 24.7 Å². The van der Waals surface area contributed by atoms with E-state index in [2.05, 4.69) is 15.7 Å². The number of carbonyl (C=O) groups excluding carboxylic acids is 1. The Balaban J connectivity index is 2.35. The molecule has 19 heavy (non-hydrogen) atoms. The zero-order valence-electron chi connectivity index (χ0n) is 11.4. The zero-order valence-corrected chi connectivity index (χ0v) is 11.4. The molecule has 0 fully saturated rings. The molecule has 106 valence electrons. The summed E-state index contributed by atoms with van der Waals surface area (Å²) in [5, 5.41) is 18.0. The molecular formula is C12H20N4O3. The van der Waals surface area contributed by atoms with E-state index >= 15 is 0 Å². The van der Waals surface area contributed by atoms with Crippen molar-refractivity contribution < 1.29 is 14.7 Å². The summed E-state index contributed by atoms with van der Waals surface area (Å²) >= 11 is 0. The van der Waals surface area contributed by atoms with Crippen molar-refractivity contribution >= 4 is 12.0 Å². The number of hydrogen-bond donors (Lipinski definition) is 3. The van der Waals surface area contributed by atoms with Crippen LogP contribution in [0.5, 0.6) is 0 Å². The number of urea groups is 1. The third kappa shape index (κ3) is 4.61. The number of hydrogen-bond acceptors (Lipinski definition) is 3. The summed E-state index contributed by atoms with van der Waals surface area (Å²) < 4.78 is 1.73. The molecule has 1 aromatic rings. The van der Waals surface area contributed by atoms with Crippen LogP contribution in [0.3, 0.4) is 0 Å². The van der Waals surface area contributed by atoms with Gasteiger partial charge in [0, 0.05) is 31.9 Å². The summed E-state index contributed by atoms with van der Waals surface area (Å²) in [7, 11) is 1.83. The Labute approximate surface area is 112 Å². The summed E-state index contributed by atoms with van der Waals surface area (Å²) in [6.45, 7) is 3.92. The van der Waals surface area contributed by atoms with Crippen molar-refractivity contribution in [3.8, 4) is 0 Å². The van der Waals surface area contributed by atoms with Gasteiger partial charge in [0.25, 0.3) is 0 Å². The van der Waals surface area contributed by atoms with Crippen LogP contribution in [0.15, 0.2) is 12.3 Å². The summed E-state index contributed by atoms with van der Waals surface area (Å²) in [6, 6.07) is 0.522. The molecule has 1 aromatic heterocycles. The highest BCUT2D eigenvalue weighted by Crippen LogP contribution is 2.01. The normalized spacial score (nSPS) is 12.2. The van der Waals surface area contributed by atoms with Gasteiger partial charge in [-0.15, -0.1) is 0 Å². The quantitative estimate of drug-likeness (QED) is 0.694. The van der Waals surface area contributed by atoms with E-state index in [-0.39, 0.29) is 5.92 Å². The second-order valence-corrected chi connectivity index (χ2v) is 4.66. The number of aromatic nitrogens is 2. The van der Waals surface area contributed by atoms with E-state index in [0.717, 1.165) is 5.69 Å². The first-order valence-electron chi connectivity index (χ1n) is 6.16. The van der Waals surface area contributed by atoms with Crippen LogP contribution in [0.1, 0.15) is 19.5 Å². The molecule has 0 aliphatic rings. The van der Waals surface area contributed by atoms with Crippen LogP contribution in [0.2, 0.25) is 0 Å². The molecule has 0 aliphatic carbocycles. The highest BCUT2D eigenvalue weighted by atomic mass is 16.4. The van der Waals surface area contributed by atoms with Crippen LogP contribution in [0.25, 0.3) is 0 Å². The average Bonchev–Trinajstić information content (AvgIpc) is 2.71. The second kappa shape index (κ2) is 6.77. The van der Waals surface area contributed by atoms with Crippen molar-refractivity contribution in [3.63, 3.8) is 0 Å². The third-order valence-corrected chi connectivity index (χ3v) is 2.81. The maximum absolute atomic E-state index is 11.6. The minimum Gasteiger partial charge on any atom is -0.480 e. The molecule has 1 heterocycles. The highest BCUT2D eigenvalue weighted by Gasteiger charge is 2.23. The Morgan fingerprint density at radius 2 is 2.16 bits per heavy atom. The number of carbonyl (C=O) groups is 2. The lowest BCUT2D eigenvalue weighted by Gasteiger charge is -2.18. The molecular weight excluding hydrogens is 248 g/mol. The number of amides is 2. The molecule has 0 spiro atoms. The Hall–Kier alpha value is -2.05. The van der Waals surface area contributed by atoms with Crippen molar-refractivity contribution in [1.29, 1.82) is 0 Å². The molecule has 0 bridgehead atoms. The SMILES string of the molecule is CC(C)[C@H](NC(=O)NCCc1ccnn1C)C(=O)O. The minimum absolute atomic E-state index is 0.166. The van der Waals surface area contributed by atoms with Crippen LogP contribution in [0.4, 0.5) is 4.79 Å². The lowest BCUT2D eigenvalue weighted by atomic mass is 10.1. The largest absolute Gasteiger partial charge is 0.480 e. The fraction of sp³-hybridized carbons (Fsp3) is 0.583. The van der Waals surface area contributed by atoms with Gasteiger partial charge in [-0.2, -0.15) is 5.10 Å². The molecule has 0 radical (unpaired) electrons. The van der Waals surface area contributed by atoms with Gasteiger partial charge in [0.2, 0.25) is 0 Å². The van der Waals surface area contributed by atoms with Gasteiger partial charge in [-0.05, 0) is 12.0 Å². The first kappa shape index (κ1) is 15.0. The predicted molar refractivity (Wildman–Crippen MR) is 69.7 cm³/mol. The predicted octanol–water partition coefficient (Wildman–Crippen LogP) is 0.371.